The van der Waals surface area contributed by atoms with Crippen molar-refractivity contribution in [2.24, 2.45) is 0 Å². The summed E-state index contributed by atoms with van der Waals surface area (Å²) in [6, 6.07) is 8.02. The molecule has 2 heterocycles. The first-order chi connectivity index (χ1) is 11.1. The third kappa shape index (κ3) is 3.44. The number of aromatic hydroxyl groups is 1. The minimum absolute atomic E-state index is 0.160. The van der Waals surface area contributed by atoms with E-state index < -0.39 is 5.43 Å². The predicted octanol–water partition coefficient (Wildman–Crippen LogP) is 2.61. The molecule has 0 radical (unpaired) electrons. The fourth-order valence-corrected chi connectivity index (χ4v) is 2.79. The molecule has 0 saturated carbocycles. The van der Waals surface area contributed by atoms with E-state index in [1.807, 2.05) is 18.2 Å². The molecule has 23 heavy (non-hydrogen) atoms. The zero-order valence-corrected chi connectivity index (χ0v) is 13.1. The molecule has 4 bridgehead atoms. The highest BCUT2D eigenvalue weighted by Crippen LogP contribution is 2.16. The molecule has 1 aliphatic heterocycles. The second-order valence-electron chi connectivity index (χ2n) is 5.88. The first-order valence-electron chi connectivity index (χ1n) is 8.00. The molecule has 0 atom stereocenters. The second-order valence-corrected chi connectivity index (χ2v) is 5.88. The molecule has 3 rings (SSSR count). The summed E-state index contributed by atoms with van der Waals surface area (Å²) in [5.74, 6) is -0.324. The Bertz CT molecular complexity index is 780. The van der Waals surface area contributed by atoms with Crippen molar-refractivity contribution in [1.29, 1.82) is 0 Å². The number of benzene rings is 1. The lowest BCUT2D eigenvalue weighted by Gasteiger charge is -2.13. The van der Waals surface area contributed by atoms with Crippen LogP contribution in [-0.4, -0.2) is 21.4 Å². The minimum Gasteiger partial charge on any atom is -0.503 e. The Kier molecular flexibility index (Phi) is 4.46. The number of hydrogen-bond donors (Lipinski definition) is 2. The minimum atomic E-state index is -0.498. The lowest BCUT2D eigenvalue weighted by molar-refractivity contribution is 0.460. The number of nitrogens with one attached hydrogen (secondary N) is 1. The second kappa shape index (κ2) is 6.69. The summed E-state index contributed by atoms with van der Waals surface area (Å²) < 4.78 is 1.54. The Balaban J connectivity index is 2.09. The summed E-state index contributed by atoms with van der Waals surface area (Å²) >= 11 is 0. The van der Waals surface area contributed by atoms with Crippen molar-refractivity contribution in [3.05, 3.63) is 58.5 Å². The molecular formula is C18H21N3O2. The van der Waals surface area contributed by atoms with Crippen LogP contribution in [0.5, 0.6) is 5.75 Å². The monoisotopic (exact) mass is 311 g/mol. The van der Waals surface area contributed by atoms with Crippen molar-refractivity contribution in [1.82, 2.24) is 15.1 Å². The molecule has 1 aromatic heterocycles. The molecule has 120 valence electrons. The van der Waals surface area contributed by atoms with E-state index in [1.165, 1.54) is 22.9 Å². The van der Waals surface area contributed by atoms with Gasteiger partial charge in [0, 0.05) is 6.54 Å². The maximum atomic E-state index is 12.1. The lowest BCUT2D eigenvalue weighted by atomic mass is 10.1. The van der Waals surface area contributed by atoms with E-state index >= 15 is 0 Å². The third-order valence-corrected chi connectivity index (χ3v) is 4.09. The van der Waals surface area contributed by atoms with Crippen LogP contribution < -0.4 is 10.7 Å². The van der Waals surface area contributed by atoms with E-state index in [2.05, 4.69) is 23.1 Å². The van der Waals surface area contributed by atoms with E-state index in [-0.39, 0.29) is 11.4 Å². The molecule has 2 N–H and O–H groups in total. The Morgan fingerprint density at radius 3 is 2.91 bits per heavy atom. The molecule has 0 amide bonds. The maximum Gasteiger partial charge on any atom is 0.251 e. The zero-order chi connectivity index (χ0) is 16.2. The SMILES string of the molecule is C=C1NCCCCCCc2cccc(c2)-n2cc(O)c(=O)c1n2. The summed E-state index contributed by atoms with van der Waals surface area (Å²) in [5, 5.41) is 17.5. The van der Waals surface area contributed by atoms with Gasteiger partial charge in [0.2, 0.25) is 0 Å². The van der Waals surface area contributed by atoms with Gasteiger partial charge in [0.05, 0.1) is 17.6 Å². The summed E-state index contributed by atoms with van der Waals surface area (Å²) in [4.78, 5) is 12.1. The van der Waals surface area contributed by atoms with Gasteiger partial charge in [-0.3, -0.25) is 4.79 Å². The van der Waals surface area contributed by atoms with Gasteiger partial charge in [0.1, 0.15) is 0 Å². The van der Waals surface area contributed by atoms with Gasteiger partial charge in [-0.1, -0.05) is 31.6 Å². The van der Waals surface area contributed by atoms with Gasteiger partial charge in [-0.2, -0.15) is 5.10 Å². The van der Waals surface area contributed by atoms with Crippen molar-refractivity contribution in [2.75, 3.05) is 6.54 Å². The van der Waals surface area contributed by atoms with Crippen molar-refractivity contribution in [3.8, 4) is 11.4 Å². The van der Waals surface area contributed by atoms with Gasteiger partial charge in [0.15, 0.2) is 11.4 Å². The van der Waals surface area contributed by atoms with Crippen LogP contribution in [0.4, 0.5) is 0 Å². The van der Waals surface area contributed by atoms with E-state index in [0.29, 0.717) is 5.70 Å². The Labute approximate surface area is 135 Å². The molecule has 0 unspecified atom stereocenters. The molecule has 0 aliphatic carbocycles. The van der Waals surface area contributed by atoms with E-state index in [0.717, 1.165) is 37.9 Å². The largest absolute Gasteiger partial charge is 0.503 e. The third-order valence-electron chi connectivity index (χ3n) is 4.09. The average molecular weight is 311 g/mol. The highest BCUT2D eigenvalue weighted by Gasteiger charge is 2.13. The van der Waals surface area contributed by atoms with E-state index in [1.54, 1.807) is 0 Å². The Hall–Kier alpha value is -2.56. The lowest BCUT2D eigenvalue weighted by Crippen LogP contribution is -2.23. The molecule has 5 nitrogen and oxygen atoms in total. The first-order valence-corrected chi connectivity index (χ1v) is 8.00. The van der Waals surface area contributed by atoms with Gasteiger partial charge in [-0.15, -0.1) is 0 Å². The van der Waals surface area contributed by atoms with Crippen LogP contribution in [0.15, 0.2) is 41.8 Å². The van der Waals surface area contributed by atoms with Gasteiger partial charge in [0.25, 0.3) is 5.43 Å². The highest BCUT2D eigenvalue weighted by molar-refractivity contribution is 5.59. The number of hydrogen-bond acceptors (Lipinski definition) is 4. The summed E-state index contributed by atoms with van der Waals surface area (Å²) in [5.41, 5.74) is 2.17. The van der Waals surface area contributed by atoms with Crippen LogP contribution in [0, 0.1) is 0 Å². The number of aromatic nitrogens is 2. The van der Waals surface area contributed by atoms with E-state index in [4.69, 9.17) is 0 Å². The fourth-order valence-electron chi connectivity index (χ4n) is 2.79. The molecule has 0 saturated heterocycles. The van der Waals surface area contributed by atoms with Crippen LogP contribution in [0.1, 0.15) is 36.9 Å². The van der Waals surface area contributed by atoms with Gasteiger partial charge >= 0.3 is 0 Å². The molecule has 1 aromatic carbocycles. The van der Waals surface area contributed by atoms with Gasteiger partial charge in [-0.25, -0.2) is 4.68 Å². The molecule has 1 aliphatic rings. The fraction of sp³-hybridized carbons (Fsp3) is 0.333. The maximum absolute atomic E-state index is 12.1. The predicted molar refractivity (Wildman–Crippen MR) is 90.7 cm³/mol. The average Bonchev–Trinajstić information content (AvgIpc) is 2.55. The van der Waals surface area contributed by atoms with Crippen LogP contribution >= 0.6 is 0 Å². The summed E-state index contributed by atoms with van der Waals surface area (Å²) in [6.45, 7) is 4.64. The van der Waals surface area contributed by atoms with Crippen LogP contribution in [0.25, 0.3) is 11.4 Å². The summed E-state index contributed by atoms with van der Waals surface area (Å²) in [7, 11) is 0. The molecule has 2 aromatic rings. The molecule has 0 fully saturated rings. The smallest absolute Gasteiger partial charge is 0.251 e. The number of nitrogens with zero attached hydrogens (tertiary/aromatic N) is 2. The van der Waals surface area contributed by atoms with Gasteiger partial charge < -0.3 is 10.4 Å². The highest BCUT2D eigenvalue weighted by atomic mass is 16.3. The standard InChI is InChI=1S/C18H21N3O2/c1-13-17-18(23)16(22)12-21(20-17)15-9-6-8-14(11-15)7-4-2-3-5-10-19-13/h6,8-9,11-12,19,22H,1-5,7,10H2. The molecule has 0 spiro atoms. The van der Waals surface area contributed by atoms with Crippen molar-refractivity contribution in [3.63, 3.8) is 0 Å². The van der Waals surface area contributed by atoms with E-state index in [9.17, 15) is 9.90 Å². The molecule has 5 heteroatoms. The van der Waals surface area contributed by atoms with Crippen molar-refractivity contribution < 1.29 is 5.11 Å². The van der Waals surface area contributed by atoms with Crippen molar-refractivity contribution >= 4 is 5.70 Å². The Morgan fingerprint density at radius 2 is 2.04 bits per heavy atom. The Morgan fingerprint density at radius 1 is 1.22 bits per heavy atom. The van der Waals surface area contributed by atoms with Gasteiger partial charge in [-0.05, 0) is 37.0 Å². The van der Waals surface area contributed by atoms with Crippen LogP contribution in [-0.2, 0) is 6.42 Å². The summed E-state index contributed by atoms with van der Waals surface area (Å²) in [6.07, 6.45) is 6.86. The van der Waals surface area contributed by atoms with Crippen LogP contribution in [0.2, 0.25) is 0 Å². The van der Waals surface area contributed by atoms with Crippen LogP contribution in [0.3, 0.4) is 0 Å². The number of aryl methyl sites for hydroxylation is 1. The van der Waals surface area contributed by atoms with Crippen molar-refractivity contribution in [2.45, 2.75) is 32.1 Å². The topological polar surface area (TPSA) is 67.2 Å². The number of fused-ring (bicyclic) bond motifs is 5. The quantitative estimate of drug-likeness (QED) is 0.785. The molecular weight excluding hydrogens is 290 g/mol. The zero-order valence-electron chi connectivity index (χ0n) is 13.1. The first kappa shape index (κ1) is 15.3. The normalized spacial score (nSPS) is 15.6. The number of rotatable bonds is 0.